The van der Waals surface area contributed by atoms with Crippen molar-refractivity contribution >= 4 is 5.69 Å². The van der Waals surface area contributed by atoms with Crippen LogP contribution >= 0.6 is 0 Å². The van der Waals surface area contributed by atoms with Crippen molar-refractivity contribution in [2.75, 3.05) is 5.32 Å². The minimum atomic E-state index is -0.161. The Kier molecular flexibility index (Phi) is 3.76. The number of aryl methyl sites for hydroxylation is 1. The maximum absolute atomic E-state index is 10.5. The SMILES string of the molecule is Cc1cccc([C@]2(C)C[C@@H](c3ccccc3)Nc3c(O)cccc32)c1. The van der Waals surface area contributed by atoms with Gasteiger partial charge in [0, 0.05) is 5.41 Å². The predicted molar refractivity (Wildman–Crippen MR) is 103 cm³/mol. The van der Waals surface area contributed by atoms with Gasteiger partial charge in [-0.15, -0.1) is 0 Å². The molecule has 0 unspecified atom stereocenters. The highest BCUT2D eigenvalue weighted by molar-refractivity contribution is 5.68. The second-order valence-corrected chi connectivity index (χ2v) is 7.21. The third-order valence-corrected chi connectivity index (χ3v) is 5.43. The summed E-state index contributed by atoms with van der Waals surface area (Å²) in [6.07, 6.45) is 0.941. The lowest BCUT2D eigenvalue weighted by molar-refractivity contribution is 0.438. The molecule has 1 aliphatic heterocycles. The molecule has 126 valence electrons. The van der Waals surface area contributed by atoms with E-state index in [-0.39, 0.29) is 11.5 Å². The molecule has 0 amide bonds. The molecule has 0 radical (unpaired) electrons. The van der Waals surface area contributed by atoms with E-state index in [1.165, 1.54) is 16.7 Å². The van der Waals surface area contributed by atoms with Gasteiger partial charge in [-0.1, -0.05) is 79.2 Å². The molecule has 0 bridgehead atoms. The average molecular weight is 329 g/mol. The van der Waals surface area contributed by atoms with Gasteiger partial charge in [-0.3, -0.25) is 0 Å². The Morgan fingerprint density at radius 1 is 0.960 bits per heavy atom. The Morgan fingerprint density at radius 2 is 1.72 bits per heavy atom. The minimum absolute atomic E-state index is 0.160. The van der Waals surface area contributed by atoms with Crippen LogP contribution < -0.4 is 5.32 Å². The third kappa shape index (κ3) is 2.68. The van der Waals surface area contributed by atoms with E-state index in [1.54, 1.807) is 6.07 Å². The number of nitrogens with one attached hydrogen (secondary N) is 1. The second kappa shape index (κ2) is 5.96. The second-order valence-electron chi connectivity index (χ2n) is 7.21. The highest BCUT2D eigenvalue weighted by Crippen LogP contribution is 2.50. The number of hydrogen-bond donors (Lipinski definition) is 2. The predicted octanol–water partition coefficient (Wildman–Crippen LogP) is 5.56. The molecule has 1 aliphatic rings. The van der Waals surface area contributed by atoms with Crippen LogP contribution in [0.5, 0.6) is 5.75 Å². The Bertz CT molecular complexity index is 903. The summed E-state index contributed by atoms with van der Waals surface area (Å²) >= 11 is 0. The van der Waals surface area contributed by atoms with Gasteiger partial charge in [0.25, 0.3) is 0 Å². The maximum atomic E-state index is 10.5. The molecule has 25 heavy (non-hydrogen) atoms. The van der Waals surface area contributed by atoms with Gasteiger partial charge in [-0.2, -0.15) is 0 Å². The molecule has 2 heteroatoms. The normalized spacial score (nSPS) is 22.1. The average Bonchev–Trinajstić information content (AvgIpc) is 2.63. The van der Waals surface area contributed by atoms with Crippen LogP contribution in [0.2, 0.25) is 0 Å². The van der Waals surface area contributed by atoms with Crippen molar-refractivity contribution in [2.24, 2.45) is 0 Å². The molecule has 0 fully saturated rings. The van der Waals surface area contributed by atoms with Crippen molar-refractivity contribution in [3.8, 4) is 5.75 Å². The lowest BCUT2D eigenvalue weighted by Gasteiger charge is -2.42. The van der Waals surface area contributed by atoms with Crippen LogP contribution in [0.1, 0.15) is 41.6 Å². The third-order valence-electron chi connectivity index (χ3n) is 5.43. The van der Waals surface area contributed by atoms with Crippen LogP contribution in [0, 0.1) is 6.92 Å². The molecule has 2 N–H and O–H groups in total. The van der Waals surface area contributed by atoms with Crippen LogP contribution in [0.15, 0.2) is 72.8 Å². The van der Waals surface area contributed by atoms with E-state index in [2.05, 4.69) is 73.8 Å². The molecule has 0 aliphatic carbocycles. The monoisotopic (exact) mass is 329 g/mol. The Hall–Kier alpha value is -2.74. The van der Waals surface area contributed by atoms with Crippen LogP contribution in [-0.2, 0) is 5.41 Å². The zero-order valence-corrected chi connectivity index (χ0v) is 14.7. The summed E-state index contributed by atoms with van der Waals surface area (Å²) in [6.45, 7) is 4.42. The van der Waals surface area contributed by atoms with Gasteiger partial charge in [-0.25, -0.2) is 0 Å². The van der Waals surface area contributed by atoms with Gasteiger partial charge in [0.05, 0.1) is 11.7 Å². The molecule has 0 saturated carbocycles. The zero-order chi connectivity index (χ0) is 17.4. The van der Waals surface area contributed by atoms with E-state index in [0.29, 0.717) is 5.75 Å². The first kappa shape index (κ1) is 15.8. The van der Waals surface area contributed by atoms with Gasteiger partial charge >= 0.3 is 0 Å². The lowest BCUT2D eigenvalue weighted by atomic mass is 9.68. The molecular weight excluding hydrogens is 306 g/mol. The standard InChI is InChI=1S/C23H23NO/c1-16-8-6-11-18(14-16)23(2)15-20(17-9-4-3-5-10-17)24-22-19(23)12-7-13-21(22)25/h3-14,20,24-25H,15H2,1-2H3/t20-,23-/m0/s1. The lowest BCUT2D eigenvalue weighted by Crippen LogP contribution is -2.34. The van der Waals surface area contributed by atoms with Crippen molar-refractivity contribution in [2.45, 2.75) is 31.7 Å². The maximum Gasteiger partial charge on any atom is 0.139 e. The van der Waals surface area contributed by atoms with E-state index >= 15 is 0 Å². The molecule has 4 rings (SSSR count). The summed E-state index contributed by atoms with van der Waals surface area (Å²) in [5.41, 5.74) is 5.65. The van der Waals surface area contributed by atoms with Crippen molar-refractivity contribution in [1.82, 2.24) is 0 Å². The summed E-state index contributed by atoms with van der Waals surface area (Å²) in [6, 6.07) is 25.2. The molecule has 2 atom stereocenters. The van der Waals surface area contributed by atoms with Gasteiger partial charge in [-0.05, 0) is 36.1 Å². The van der Waals surface area contributed by atoms with Gasteiger partial charge in [0.1, 0.15) is 5.75 Å². The fourth-order valence-corrected chi connectivity index (χ4v) is 4.04. The fourth-order valence-electron chi connectivity index (χ4n) is 4.04. The number of fused-ring (bicyclic) bond motifs is 1. The highest BCUT2D eigenvalue weighted by atomic mass is 16.3. The quantitative estimate of drug-likeness (QED) is 0.603. The smallest absolute Gasteiger partial charge is 0.139 e. The first-order valence-electron chi connectivity index (χ1n) is 8.79. The summed E-state index contributed by atoms with van der Waals surface area (Å²) in [7, 11) is 0. The van der Waals surface area contributed by atoms with Crippen molar-refractivity contribution < 1.29 is 5.11 Å². The van der Waals surface area contributed by atoms with E-state index in [0.717, 1.165) is 17.7 Å². The van der Waals surface area contributed by atoms with Crippen LogP contribution in [-0.4, -0.2) is 5.11 Å². The van der Waals surface area contributed by atoms with Gasteiger partial charge in [0.2, 0.25) is 0 Å². The molecule has 2 nitrogen and oxygen atoms in total. The highest BCUT2D eigenvalue weighted by Gasteiger charge is 2.39. The first-order valence-corrected chi connectivity index (χ1v) is 8.79. The number of benzene rings is 3. The Balaban J connectivity index is 1.89. The van der Waals surface area contributed by atoms with Crippen LogP contribution in [0.3, 0.4) is 0 Å². The summed E-state index contributed by atoms with van der Waals surface area (Å²) in [4.78, 5) is 0. The van der Waals surface area contributed by atoms with Gasteiger partial charge < -0.3 is 10.4 Å². The summed E-state index contributed by atoms with van der Waals surface area (Å²) < 4.78 is 0. The number of anilines is 1. The largest absolute Gasteiger partial charge is 0.506 e. The zero-order valence-electron chi connectivity index (χ0n) is 14.7. The van der Waals surface area contributed by atoms with E-state index in [1.807, 2.05) is 12.1 Å². The fraction of sp³-hybridized carbons (Fsp3) is 0.217. The molecule has 0 spiro atoms. The number of para-hydroxylation sites is 1. The Labute approximate surface area is 149 Å². The molecule has 3 aromatic rings. The Morgan fingerprint density at radius 3 is 2.48 bits per heavy atom. The molecule has 0 saturated heterocycles. The molecular formula is C23H23NO. The number of phenols is 1. The van der Waals surface area contributed by atoms with Crippen LogP contribution in [0.25, 0.3) is 0 Å². The van der Waals surface area contributed by atoms with Crippen molar-refractivity contribution in [1.29, 1.82) is 0 Å². The van der Waals surface area contributed by atoms with E-state index in [4.69, 9.17) is 0 Å². The summed E-state index contributed by atoms with van der Waals surface area (Å²) in [5, 5.41) is 14.1. The number of aromatic hydroxyl groups is 1. The topological polar surface area (TPSA) is 32.3 Å². The summed E-state index contributed by atoms with van der Waals surface area (Å²) in [5.74, 6) is 0.317. The number of rotatable bonds is 2. The molecule has 0 aromatic heterocycles. The van der Waals surface area contributed by atoms with E-state index < -0.39 is 0 Å². The molecule has 3 aromatic carbocycles. The van der Waals surface area contributed by atoms with Crippen molar-refractivity contribution in [3.05, 3.63) is 95.1 Å². The molecule has 1 heterocycles. The van der Waals surface area contributed by atoms with Crippen molar-refractivity contribution in [3.63, 3.8) is 0 Å². The number of hydrogen-bond acceptors (Lipinski definition) is 2. The van der Waals surface area contributed by atoms with E-state index in [9.17, 15) is 5.11 Å². The van der Waals surface area contributed by atoms with Crippen LogP contribution in [0.4, 0.5) is 5.69 Å². The minimum Gasteiger partial charge on any atom is -0.506 e. The van der Waals surface area contributed by atoms with Gasteiger partial charge in [0.15, 0.2) is 0 Å². The first-order chi connectivity index (χ1) is 12.1. The number of phenolic OH excluding ortho intramolecular Hbond substituents is 1.